The van der Waals surface area contributed by atoms with Gasteiger partial charge in [0.25, 0.3) is 0 Å². The third kappa shape index (κ3) is 5.68. The summed E-state index contributed by atoms with van der Waals surface area (Å²) in [5.41, 5.74) is 1.67. The lowest BCUT2D eigenvalue weighted by Gasteiger charge is -2.02. The normalized spacial score (nSPS) is 9.43. The van der Waals surface area contributed by atoms with Gasteiger partial charge in [-0.05, 0) is 48.2 Å². The van der Waals surface area contributed by atoms with Gasteiger partial charge in [-0.1, -0.05) is 25.1 Å². The van der Waals surface area contributed by atoms with Crippen molar-refractivity contribution in [1.82, 2.24) is 4.98 Å². The summed E-state index contributed by atoms with van der Waals surface area (Å²) in [6.07, 6.45) is 2.76. The maximum Gasteiger partial charge on any atom is 0.338 e. The van der Waals surface area contributed by atoms with Gasteiger partial charge in [0.15, 0.2) is 0 Å². The fraction of sp³-hybridized carbons (Fsp3) is 0.167. The van der Waals surface area contributed by atoms with Gasteiger partial charge in [0.2, 0.25) is 0 Å². The molecule has 0 aliphatic carbocycles. The number of phenolic OH excluding ortho intramolecular Hbond substituents is 1. The molecule has 0 fully saturated rings. The quantitative estimate of drug-likeness (QED) is 0.691. The molecule has 5 heteroatoms. The molecule has 0 saturated carbocycles. The first kappa shape index (κ1) is 18.6. The topological polar surface area (TPSA) is 62.3 Å². The first-order valence-corrected chi connectivity index (χ1v) is 7.19. The van der Waals surface area contributed by atoms with Crippen LogP contribution < -0.4 is 0 Å². The van der Waals surface area contributed by atoms with E-state index in [0.717, 1.165) is 6.42 Å². The van der Waals surface area contributed by atoms with Crippen LogP contribution in [0.5, 0.6) is 5.75 Å². The molecule has 0 bridgehead atoms. The highest BCUT2D eigenvalue weighted by Gasteiger charge is 2.05. The number of aromatic nitrogens is 1. The Morgan fingerprint density at radius 1 is 1.09 bits per heavy atom. The molecule has 3 rings (SSSR count). The number of benzene rings is 2. The van der Waals surface area contributed by atoms with E-state index < -0.39 is 0 Å². The summed E-state index contributed by atoms with van der Waals surface area (Å²) in [5, 5.41) is 10.2. The molecule has 0 atom stereocenters. The monoisotopic (exact) mass is 333 g/mol. The Morgan fingerprint density at radius 3 is 2.43 bits per heavy atom. The van der Waals surface area contributed by atoms with E-state index in [1.165, 1.54) is 35.2 Å². The predicted molar refractivity (Wildman–Crippen MR) is 94.2 cm³/mol. The number of carbonyl (C=O) groups excluding carboxylic acids is 1. The SMILES string of the molecule is CCCOC(=O)c1ccc(O)cc1.Cl.c1ccc2[nH]ccc2c1. The Hall–Kier alpha value is -2.46. The Bertz CT molecular complexity index is 692. The Morgan fingerprint density at radius 2 is 1.78 bits per heavy atom. The van der Waals surface area contributed by atoms with Crippen LogP contribution in [0.15, 0.2) is 60.8 Å². The lowest BCUT2D eigenvalue weighted by Crippen LogP contribution is -2.05. The molecule has 122 valence electrons. The van der Waals surface area contributed by atoms with Gasteiger partial charge in [0.1, 0.15) is 5.75 Å². The molecule has 1 aromatic heterocycles. The van der Waals surface area contributed by atoms with Crippen molar-refractivity contribution in [2.24, 2.45) is 0 Å². The van der Waals surface area contributed by atoms with Gasteiger partial charge in [0, 0.05) is 11.7 Å². The van der Waals surface area contributed by atoms with Crippen LogP contribution in [0, 0.1) is 0 Å². The van der Waals surface area contributed by atoms with Gasteiger partial charge in [-0.3, -0.25) is 0 Å². The van der Waals surface area contributed by atoms with E-state index in [1.54, 1.807) is 0 Å². The first-order chi connectivity index (χ1) is 10.7. The van der Waals surface area contributed by atoms with Crippen LogP contribution in [0.3, 0.4) is 0 Å². The van der Waals surface area contributed by atoms with Gasteiger partial charge < -0.3 is 14.8 Å². The second-order valence-electron chi connectivity index (χ2n) is 4.75. The number of H-pyrrole nitrogens is 1. The fourth-order valence-electron chi connectivity index (χ4n) is 1.87. The second-order valence-corrected chi connectivity index (χ2v) is 4.75. The number of phenols is 1. The van der Waals surface area contributed by atoms with Crippen molar-refractivity contribution in [3.8, 4) is 5.75 Å². The minimum Gasteiger partial charge on any atom is -0.508 e. The molecule has 3 aromatic rings. The van der Waals surface area contributed by atoms with E-state index in [4.69, 9.17) is 9.84 Å². The van der Waals surface area contributed by atoms with Gasteiger partial charge in [0.05, 0.1) is 12.2 Å². The minimum absolute atomic E-state index is 0. The standard InChI is InChI=1S/C10H12O3.C8H7N.ClH/c1-2-7-13-10(12)8-3-5-9(11)6-4-8;1-2-4-8-7(3-1)5-6-9-8;/h3-6,11H,2,7H2,1H3;1-6,9H;1H. The van der Waals surface area contributed by atoms with Crippen LogP contribution in [-0.2, 0) is 4.74 Å². The number of aromatic hydroxyl groups is 1. The summed E-state index contributed by atoms with van der Waals surface area (Å²) in [6.45, 7) is 2.36. The van der Waals surface area contributed by atoms with Crippen molar-refractivity contribution in [2.45, 2.75) is 13.3 Å². The highest BCUT2D eigenvalue weighted by atomic mass is 35.5. The molecule has 0 aliphatic rings. The van der Waals surface area contributed by atoms with Crippen molar-refractivity contribution >= 4 is 29.3 Å². The molecule has 4 nitrogen and oxygen atoms in total. The van der Waals surface area contributed by atoms with Crippen LogP contribution in [-0.4, -0.2) is 22.7 Å². The molecule has 0 radical (unpaired) electrons. The van der Waals surface area contributed by atoms with Gasteiger partial charge in [-0.2, -0.15) is 0 Å². The summed E-state index contributed by atoms with van der Waals surface area (Å²) in [6, 6.07) is 16.3. The highest BCUT2D eigenvalue weighted by Crippen LogP contribution is 2.10. The van der Waals surface area contributed by atoms with E-state index in [2.05, 4.69) is 23.2 Å². The lowest BCUT2D eigenvalue weighted by atomic mass is 10.2. The van der Waals surface area contributed by atoms with E-state index in [0.29, 0.717) is 12.2 Å². The molecule has 0 saturated heterocycles. The zero-order valence-electron chi connectivity index (χ0n) is 12.9. The van der Waals surface area contributed by atoms with Crippen molar-refractivity contribution in [3.63, 3.8) is 0 Å². The highest BCUT2D eigenvalue weighted by molar-refractivity contribution is 5.89. The Labute approximate surface area is 141 Å². The third-order valence-electron chi connectivity index (χ3n) is 3.00. The number of aromatic amines is 1. The summed E-state index contributed by atoms with van der Waals surface area (Å²) < 4.78 is 4.90. The number of carbonyl (C=O) groups is 1. The molecule has 23 heavy (non-hydrogen) atoms. The molecular formula is C18H20ClNO3. The number of hydrogen-bond donors (Lipinski definition) is 2. The summed E-state index contributed by atoms with van der Waals surface area (Å²) in [7, 11) is 0. The van der Waals surface area contributed by atoms with E-state index >= 15 is 0 Å². The van der Waals surface area contributed by atoms with E-state index in [1.807, 2.05) is 25.3 Å². The number of para-hydroxylation sites is 1. The summed E-state index contributed by atoms with van der Waals surface area (Å²) in [5.74, 6) is -0.200. The van der Waals surface area contributed by atoms with Crippen LogP contribution in [0.1, 0.15) is 23.7 Å². The molecule has 0 spiro atoms. The lowest BCUT2D eigenvalue weighted by molar-refractivity contribution is 0.0505. The van der Waals surface area contributed by atoms with Crippen molar-refractivity contribution in [1.29, 1.82) is 0 Å². The van der Waals surface area contributed by atoms with Crippen molar-refractivity contribution < 1.29 is 14.6 Å². The van der Waals surface area contributed by atoms with Crippen molar-refractivity contribution in [2.75, 3.05) is 6.61 Å². The third-order valence-corrected chi connectivity index (χ3v) is 3.00. The molecule has 2 N–H and O–H groups in total. The number of nitrogens with one attached hydrogen (secondary N) is 1. The van der Waals surface area contributed by atoms with Gasteiger partial charge in [-0.25, -0.2) is 4.79 Å². The van der Waals surface area contributed by atoms with Crippen LogP contribution in [0.25, 0.3) is 10.9 Å². The molecule has 2 aromatic carbocycles. The molecule has 0 amide bonds. The minimum atomic E-state index is -0.346. The first-order valence-electron chi connectivity index (χ1n) is 7.19. The fourth-order valence-corrected chi connectivity index (χ4v) is 1.87. The van der Waals surface area contributed by atoms with Crippen LogP contribution in [0.4, 0.5) is 0 Å². The number of ether oxygens (including phenoxy) is 1. The molecule has 0 aliphatic heterocycles. The van der Waals surface area contributed by atoms with E-state index in [-0.39, 0.29) is 24.1 Å². The average Bonchev–Trinajstić information content (AvgIpc) is 3.02. The molecular weight excluding hydrogens is 314 g/mol. The molecule has 1 heterocycles. The van der Waals surface area contributed by atoms with Crippen LogP contribution in [0.2, 0.25) is 0 Å². The number of fused-ring (bicyclic) bond motifs is 1. The van der Waals surface area contributed by atoms with Crippen LogP contribution >= 0.6 is 12.4 Å². The van der Waals surface area contributed by atoms with E-state index in [9.17, 15) is 4.79 Å². The van der Waals surface area contributed by atoms with Crippen molar-refractivity contribution in [3.05, 3.63) is 66.4 Å². The summed E-state index contributed by atoms with van der Waals surface area (Å²) in [4.78, 5) is 14.3. The number of rotatable bonds is 3. The van der Waals surface area contributed by atoms with Gasteiger partial charge in [-0.15, -0.1) is 12.4 Å². The Kier molecular flexibility index (Phi) is 7.71. The largest absolute Gasteiger partial charge is 0.508 e. The Balaban J connectivity index is 0.000000232. The molecule has 0 unspecified atom stereocenters. The average molecular weight is 334 g/mol. The number of hydrogen-bond acceptors (Lipinski definition) is 3. The zero-order valence-corrected chi connectivity index (χ0v) is 13.7. The smallest absolute Gasteiger partial charge is 0.338 e. The number of esters is 1. The maximum absolute atomic E-state index is 11.2. The predicted octanol–water partition coefficient (Wildman–Crippen LogP) is 4.55. The van der Waals surface area contributed by atoms with Gasteiger partial charge >= 0.3 is 5.97 Å². The zero-order chi connectivity index (χ0) is 15.8. The number of halogens is 1. The summed E-state index contributed by atoms with van der Waals surface area (Å²) >= 11 is 0. The maximum atomic E-state index is 11.2. The second kappa shape index (κ2) is 9.54.